The molecule has 3 N–H and O–H groups in total. The van der Waals surface area contributed by atoms with Crippen LogP contribution in [0, 0.1) is 11.3 Å². The van der Waals surface area contributed by atoms with Crippen LogP contribution in [0.15, 0.2) is 0 Å². The Morgan fingerprint density at radius 1 is 1.26 bits per heavy atom. The molecule has 1 unspecified atom stereocenters. The predicted molar refractivity (Wildman–Crippen MR) is 75.9 cm³/mol. The number of nitrogens with one attached hydrogen (secondary N) is 2. The molecule has 2 aliphatic rings. The summed E-state index contributed by atoms with van der Waals surface area (Å²) in [5.41, 5.74) is -0.0275. The first-order valence-electron chi connectivity index (χ1n) is 7.54. The Morgan fingerprint density at radius 3 is 2.32 bits per heavy atom. The highest BCUT2D eigenvalue weighted by atomic mass is 16.3. The molecule has 0 spiro atoms. The van der Waals surface area contributed by atoms with E-state index in [0.29, 0.717) is 11.3 Å². The van der Waals surface area contributed by atoms with Gasteiger partial charge in [-0.05, 0) is 56.8 Å². The lowest BCUT2D eigenvalue weighted by molar-refractivity contribution is 0.150. The lowest BCUT2D eigenvalue weighted by Crippen LogP contribution is -2.56. The van der Waals surface area contributed by atoms with Crippen molar-refractivity contribution in [3.8, 4) is 0 Å². The van der Waals surface area contributed by atoms with Gasteiger partial charge in [0.1, 0.15) is 0 Å². The summed E-state index contributed by atoms with van der Waals surface area (Å²) in [5, 5.41) is 15.5. The van der Waals surface area contributed by atoms with Crippen molar-refractivity contribution in [1.82, 2.24) is 10.6 Å². The van der Waals surface area contributed by atoms with Crippen molar-refractivity contribution in [1.29, 1.82) is 0 Å². The van der Waals surface area contributed by atoms with E-state index in [9.17, 15) is 9.90 Å². The van der Waals surface area contributed by atoms with Crippen LogP contribution in [0.2, 0.25) is 0 Å². The van der Waals surface area contributed by atoms with Crippen molar-refractivity contribution in [2.45, 2.75) is 70.9 Å². The van der Waals surface area contributed by atoms with E-state index in [1.807, 2.05) is 6.92 Å². The average molecular weight is 268 g/mol. The molecule has 2 rings (SSSR count). The van der Waals surface area contributed by atoms with E-state index in [4.69, 9.17) is 0 Å². The Hall–Kier alpha value is -0.770. The summed E-state index contributed by atoms with van der Waals surface area (Å²) in [5.74, 6) is 0.438. The van der Waals surface area contributed by atoms with Gasteiger partial charge in [0.05, 0.1) is 12.1 Å². The van der Waals surface area contributed by atoms with Gasteiger partial charge in [0, 0.05) is 6.04 Å². The molecule has 110 valence electrons. The second kappa shape index (κ2) is 5.31. The lowest BCUT2D eigenvalue weighted by atomic mass is 9.75. The fourth-order valence-electron chi connectivity index (χ4n) is 3.02. The van der Waals surface area contributed by atoms with Gasteiger partial charge in [0.2, 0.25) is 0 Å². The summed E-state index contributed by atoms with van der Waals surface area (Å²) in [6.45, 7) is 6.54. The van der Waals surface area contributed by atoms with Crippen LogP contribution >= 0.6 is 0 Å². The zero-order valence-corrected chi connectivity index (χ0v) is 12.5. The molecule has 0 aliphatic heterocycles. The largest absolute Gasteiger partial charge is 0.394 e. The van der Waals surface area contributed by atoms with E-state index in [1.54, 1.807) is 0 Å². The molecule has 0 radical (unpaired) electrons. The Kier molecular flexibility index (Phi) is 4.09. The summed E-state index contributed by atoms with van der Waals surface area (Å²) in [7, 11) is 0. The molecule has 4 heteroatoms. The number of hydrogen-bond acceptors (Lipinski definition) is 2. The monoisotopic (exact) mass is 268 g/mol. The number of carbonyl (C=O) groups is 1. The molecule has 19 heavy (non-hydrogen) atoms. The highest BCUT2D eigenvalue weighted by Crippen LogP contribution is 2.39. The first-order valence-corrected chi connectivity index (χ1v) is 7.54. The molecule has 0 heterocycles. The minimum absolute atomic E-state index is 0.0167. The minimum Gasteiger partial charge on any atom is -0.394 e. The van der Waals surface area contributed by atoms with E-state index in [1.165, 1.54) is 0 Å². The Balaban J connectivity index is 1.78. The highest BCUT2D eigenvalue weighted by molar-refractivity contribution is 5.75. The fraction of sp³-hybridized carbons (Fsp3) is 0.933. The second-order valence-corrected chi connectivity index (χ2v) is 7.39. The van der Waals surface area contributed by atoms with E-state index in [0.717, 1.165) is 38.5 Å². The highest BCUT2D eigenvalue weighted by Gasteiger charge is 2.42. The number of carbonyl (C=O) groups excluding carboxylic acids is 1. The van der Waals surface area contributed by atoms with Gasteiger partial charge in [-0.2, -0.15) is 0 Å². The van der Waals surface area contributed by atoms with Gasteiger partial charge >= 0.3 is 6.03 Å². The smallest absolute Gasteiger partial charge is 0.315 e. The van der Waals surface area contributed by atoms with Gasteiger partial charge < -0.3 is 15.7 Å². The van der Waals surface area contributed by atoms with Crippen LogP contribution < -0.4 is 10.6 Å². The van der Waals surface area contributed by atoms with E-state index in [-0.39, 0.29) is 18.7 Å². The van der Waals surface area contributed by atoms with Crippen LogP contribution in [-0.2, 0) is 0 Å². The van der Waals surface area contributed by atoms with E-state index >= 15 is 0 Å². The van der Waals surface area contributed by atoms with Crippen LogP contribution in [0.5, 0.6) is 0 Å². The lowest BCUT2D eigenvalue weighted by Gasteiger charge is -2.36. The van der Waals surface area contributed by atoms with Crippen LogP contribution in [0.25, 0.3) is 0 Å². The summed E-state index contributed by atoms with van der Waals surface area (Å²) < 4.78 is 0. The fourth-order valence-corrected chi connectivity index (χ4v) is 3.02. The first-order chi connectivity index (χ1) is 8.85. The number of aliphatic hydroxyl groups excluding tert-OH is 1. The van der Waals surface area contributed by atoms with Crippen molar-refractivity contribution in [2.24, 2.45) is 11.3 Å². The Labute approximate surface area is 116 Å². The maximum atomic E-state index is 12.0. The minimum atomic E-state index is -0.446. The third kappa shape index (κ3) is 3.85. The third-order valence-corrected chi connectivity index (χ3v) is 4.88. The number of amides is 2. The van der Waals surface area contributed by atoms with E-state index < -0.39 is 5.54 Å². The van der Waals surface area contributed by atoms with Crippen molar-refractivity contribution < 1.29 is 9.90 Å². The van der Waals surface area contributed by atoms with Gasteiger partial charge in [-0.1, -0.05) is 13.8 Å². The number of aliphatic hydroxyl groups is 1. The molecule has 0 aromatic heterocycles. The Bertz CT molecular complexity index is 329. The van der Waals surface area contributed by atoms with Crippen molar-refractivity contribution in [3.63, 3.8) is 0 Å². The Morgan fingerprint density at radius 2 is 1.84 bits per heavy atom. The first kappa shape index (κ1) is 14.6. The van der Waals surface area contributed by atoms with Crippen molar-refractivity contribution >= 4 is 6.03 Å². The van der Waals surface area contributed by atoms with E-state index in [2.05, 4.69) is 24.5 Å². The quantitative estimate of drug-likeness (QED) is 0.733. The number of urea groups is 1. The SMILES string of the molecule is CC1(C)CCC(NC(=O)NC(C)(CO)C2CC2)CC1. The molecule has 0 saturated heterocycles. The molecular weight excluding hydrogens is 240 g/mol. The zero-order valence-electron chi connectivity index (χ0n) is 12.5. The molecule has 0 aromatic rings. The molecule has 1 atom stereocenters. The van der Waals surface area contributed by atoms with Crippen molar-refractivity contribution in [2.75, 3.05) is 6.61 Å². The summed E-state index contributed by atoms with van der Waals surface area (Å²) in [6, 6.07) is 0.170. The van der Waals surface area contributed by atoms with Crippen LogP contribution in [0.4, 0.5) is 4.79 Å². The van der Waals surface area contributed by atoms with Gasteiger partial charge in [0.25, 0.3) is 0 Å². The van der Waals surface area contributed by atoms with Gasteiger partial charge in [-0.3, -0.25) is 0 Å². The molecule has 2 amide bonds. The summed E-state index contributed by atoms with van der Waals surface area (Å²) in [6.07, 6.45) is 6.65. The molecule has 2 fully saturated rings. The zero-order chi connectivity index (χ0) is 14.1. The van der Waals surface area contributed by atoms with Crippen LogP contribution in [0.1, 0.15) is 59.3 Å². The predicted octanol–water partition coefficient (Wildman–Crippen LogP) is 2.42. The molecule has 2 aliphatic carbocycles. The van der Waals surface area contributed by atoms with Crippen LogP contribution in [-0.4, -0.2) is 29.3 Å². The second-order valence-electron chi connectivity index (χ2n) is 7.39. The molecule has 2 saturated carbocycles. The van der Waals surface area contributed by atoms with Gasteiger partial charge in [0.15, 0.2) is 0 Å². The molecular formula is C15H28N2O2. The maximum Gasteiger partial charge on any atom is 0.315 e. The molecule has 0 bridgehead atoms. The topological polar surface area (TPSA) is 61.4 Å². The number of hydrogen-bond donors (Lipinski definition) is 3. The summed E-state index contributed by atoms with van der Waals surface area (Å²) >= 11 is 0. The van der Waals surface area contributed by atoms with Crippen molar-refractivity contribution in [3.05, 3.63) is 0 Å². The third-order valence-electron chi connectivity index (χ3n) is 4.88. The van der Waals surface area contributed by atoms with Gasteiger partial charge in [-0.15, -0.1) is 0 Å². The normalized spacial score (nSPS) is 26.5. The number of rotatable bonds is 4. The summed E-state index contributed by atoms with van der Waals surface area (Å²) in [4.78, 5) is 12.0. The molecule has 0 aromatic carbocycles. The standard InChI is InChI=1S/C15H28N2O2/c1-14(2)8-6-12(7-9-14)16-13(19)17-15(3,10-18)11-4-5-11/h11-12,18H,4-10H2,1-3H3,(H2,16,17,19). The van der Waals surface area contributed by atoms with Crippen LogP contribution in [0.3, 0.4) is 0 Å². The average Bonchev–Trinajstić information content (AvgIpc) is 3.16. The molecule has 4 nitrogen and oxygen atoms in total. The maximum absolute atomic E-state index is 12.0. The van der Waals surface area contributed by atoms with Gasteiger partial charge in [-0.25, -0.2) is 4.79 Å².